The average molecular weight is 284 g/mol. The predicted molar refractivity (Wildman–Crippen MR) is 74.7 cm³/mol. The molecule has 1 aromatic rings. The molecular formula is C15H22F2N2O. The Hall–Kier alpha value is -1.04. The Kier molecular flexibility index (Phi) is 5.07. The van der Waals surface area contributed by atoms with E-state index >= 15 is 0 Å². The molecule has 0 spiro atoms. The molecular weight excluding hydrogens is 262 g/mol. The van der Waals surface area contributed by atoms with Gasteiger partial charge >= 0.3 is 0 Å². The molecule has 0 bridgehead atoms. The highest BCUT2D eigenvalue weighted by atomic mass is 19.1. The third kappa shape index (κ3) is 3.53. The van der Waals surface area contributed by atoms with Gasteiger partial charge in [-0.25, -0.2) is 8.78 Å². The molecule has 0 radical (unpaired) electrons. The van der Waals surface area contributed by atoms with Gasteiger partial charge in [-0.1, -0.05) is 0 Å². The van der Waals surface area contributed by atoms with E-state index in [0.29, 0.717) is 24.3 Å². The summed E-state index contributed by atoms with van der Waals surface area (Å²) in [5.74, 6) is -0.719. The highest BCUT2D eigenvalue weighted by Crippen LogP contribution is 2.24. The van der Waals surface area contributed by atoms with Crippen LogP contribution in [-0.2, 0) is 4.74 Å². The molecule has 0 saturated carbocycles. The SMILES string of the molecule is Cc1cc(F)c(C(C)N(C)CC2CNCCO2)cc1F. The van der Waals surface area contributed by atoms with Crippen molar-refractivity contribution < 1.29 is 13.5 Å². The van der Waals surface area contributed by atoms with Crippen molar-refractivity contribution in [2.24, 2.45) is 0 Å². The Morgan fingerprint density at radius 1 is 1.40 bits per heavy atom. The molecule has 2 rings (SSSR count). The van der Waals surface area contributed by atoms with Gasteiger partial charge in [-0.15, -0.1) is 0 Å². The van der Waals surface area contributed by atoms with Gasteiger partial charge in [0.05, 0.1) is 12.7 Å². The van der Waals surface area contributed by atoms with Crippen LogP contribution >= 0.6 is 0 Å². The minimum absolute atomic E-state index is 0.0922. The molecule has 0 amide bonds. The number of halogens is 2. The third-order valence-electron chi connectivity index (χ3n) is 3.89. The molecule has 112 valence electrons. The lowest BCUT2D eigenvalue weighted by molar-refractivity contribution is 0.00368. The van der Waals surface area contributed by atoms with Crippen molar-refractivity contribution in [1.29, 1.82) is 0 Å². The number of nitrogens with zero attached hydrogens (tertiary/aromatic N) is 1. The summed E-state index contributed by atoms with van der Waals surface area (Å²) >= 11 is 0. The topological polar surface area (TPSA) is 24.5 Å². The quantitative estimate of drug-likeness (QED) is 0.918. The molecule has 0 aromatic heterocycles. The first kappa shape index (κ1) is 15.4. The van der Waals surface area contributed by atoms with Gasteiger partial charge in [0.15, 0.2) is 0 Å². The highest BCUT2D eigenvalue weighted by Gasteiger charge is 2.22. The Morgan fingerprint density at radius 3 is 2.80 bits per heavy atom. The summed E-state index contributed by atoms with van der Waals surface area (Å²) < 4.78 is 33.2. The third-order valence-corrected chi connectivity index (χ3v) is 3.89. The molecule has 1 heterocycles. The normalized spacial score (nSPS) is 21.2. The summed E-state index contributed by atoms with van der Waals surface area (Å²) in [5, 5.41) is 3.26. The second-order valence-corrected chi connectivity index (χ2v) is 5.44. The molecule has 1 fully saturated rings. The maximum Gasteiger partial charge on any atom is 0.128 e. The van der Waals surface area contributed by atoms with Crippen molar-refractivity contribution in [3.05, 3.63) is 34.9 Å². The maximum atomic E-state index is 14.0. The van der Waals surface area contributed by atoms with Gasteiger partial charge < -0.3 is 10.1 Å². The number of likely N-dealkylation sites (N-methyl/N-ethyl adjacent to an activating group) is 1. The first-order chi connectivity index (χ1) is 9.49. The molecule has 1 N–H and O–H groups in total. The maximum absolute atomic E-state index is 14.0. The van der Waals surface area contributed by atoms with E-state index in [0.717, 1.165) is 13.1 Å². The summed E-state index contributed by atoms with van der Waals surface area (Å²) in [6.45, 7) is 6.49. The summed E-state index contributed by atoms with van der Waals surface area (Å²) in [5.41, 5.74) is 0.722. The molecule has 0 aliphatic carbocycles. The number of benzene rings is 1. The Bertz CT molecular complexity index is 461. The smallest absolute Gasteiger partial charge is 0.128 e. The van der Waals surface area contributed by atoms with Gasteiger partial charge in [-0.05, 0) is 38.6 Å². The van der Waals surface area contributed by atoms with Crippen LogP contribution in [0.5, 0.6) is 0 Å². The fourth-order valence-corrected chi connectivity index (χ4v) is 2.44. The lowest BCUT2D eigenvalue weighted by Crippen LogP contribution is -2.44. The zero-order valence-electron chi connectivity index (χ0n) is 12.2. The minimum Gasteiger partial charge on any atom is -0.374 e. The summed E-state index contributed by atoms with van der Waals surface area (Å²) in [7, 11) is 1.90. The molecule has 2 atom stereocenters. The van der Waals surface area contributed by atoms with E-state index < -0.39 is 0 Å². The molecule has 1 aliphatic rings. The summed E-state index contributed by atoms with van der Waals surface area (Å²) in [6, 6.07) is 2.36. The largest absolute Gasteiger partial charge is 0.374 e. The van der Waals surface area contributed by atoms with E-state index in [2.05, 4.69) is 5.32 Å². The Morgan fingerprint density at radius 2 is 2.15 bits per heavy atom. The molecule has 2 unspecified atom stereocenters. The average Bonchev–Trinajstić information content (AvgIpc) is 2.43. The van der Waals surface area contributed by atoms with Crippen LogP contribution in [0, 0.1) is 18.6 Å². The zero-order chi connectivity index (χ0) is 14.7. The van der Waals surface area contributed by atoms with Gasteiger partial charge in [0.1, 0.15) is 11.6 Å². The second kappa shape index (κ2) is 6.61. The molecule has 1 aliphatic heterocycles. The molecule has 5 heteroatoms. The van der Waals surface area contributed by atoms with Gasteiger partial charge in [-0.3, -0.25) is 4.90 Å². The minimum atomic E-state index is -0.364. The van der Waals surface area contributed by atoms with Crippen LogP contribution in [0.4, 0.5) is 8.78 Å². The van der Waals surface area contributed by atoms with Gasteiger partial charge in [0.2, 0.25) is 0 Å². The van der Waals surface area contributed by atoms with Crippen molar-refractivity contribution in [1.82, 2.24) is 10.2 Å². The van der Waals surface area contributed by atoms with E-state index in [4.69, 9.17) is 4.74 Å². The van der Waals surface area contributed by atoms with Crippen molar-refractivity contribution in [3.8, 4) is 0 Å². The molecule has 3 nitrogen and oxygen atoms in total. The van der Waals surface area contributed by atoms with Crippen molar-refractivity contribution in [2.45, 2.75) is 26.0 Å². The fraction of sp³-hybridized carbons (Fsp3) is 0.600. The number of morpholine rings is 1. The van der Waals surface area contributed by atoms with Crippen LogP contribution < -0.4 is 5.32 Å². The van der Waals surface area contributed by atoms with Crippen LogP contribution in [0.25, 0.3) is 0 Å². The Balaban J connectivity index is 2.05. The van der Waals surface area contributed by atoms with E-state index in [1.807, 2.05) is 18.9 Å². The van der Waals surface area contributed by atoms with Gasteiger partial charge in [-0.2, -0.15) is 0 Å². The first-order valence-electron chi connectivity index (χ1n) is 6.97. The van der Waals surface area contributed by atoms with Crippen LogP contribution in [-0.4, -0.2) is 44.3 Å². The fourth-order valence-electron chi connectivity index (χ4n) is 2.44. The number of nitrogens with one attached hydrogen (secondary N) is 1. The van der Waals surface area contributed by atoms with E-state index in [-0.39, 0.29) is 23.8 Å². The number of aryl methyl sites for hydroxylation is 1. The van der Waals surface area contributed by atoms with Crippen LogP contribution in [0.2, 0.25) is 0 Å². The van der Waals surface area contributed by atoms with Gasteiger partial charge in [0.25, 0.3) is 0 Å². The van der Waals surface area contributed by atoms with E-state index in [9.17, 15) is 8.78 Å². The van der Waals surface area contributed by atoms with Crippen LogP contribution in [0.3, 0.4) is 0 Å². The number of rotatable bonds is 4. The zero-order valence-corrected chi connectivity index (χ0v) is 12.2. The lowest BCUT2D eigenvalue weighted by Gasteiger charge is -2.31. The molecule has 1 aromatic carbocycles. The standard InChI is InChI=1S/C15H22F2N2O/c1-10-6-15(17)13(7-14(10)16)11(2)19(3)9-12-8-18-4-5-20-12/h6-7,11-12,18H,4-5,8-9H2,1-3H3. The molecule has 20 heavy (non-hydrogen) atoms. The monoisotopic (exact) mass is 284 g/mol. The summed E-state index contributed by atoms with van der Waals surface area (Å²) in [6.07, 6.45) is 0.0922. The number of hydrogen-bond donors (Lipinski definition) is 1. The molecule has 1 saturated heterocycles. The summed E-state index contributed by atoms with van der Waals surface area (Å²) in [4.78, 5) is 1.99. The predicted octanol–water partition coefficient (Wildman–Crippen LogP) is 2.25. The van der Waals surface area contributed by atoms with Crippen molar-refractivity contribution in [3.63, 3.8) is 0 Å². The van der Waals surface area contributed by atoms with E-state index in [1.54, 1.807) is 6.92 Å². The number of hydrogen-bond acceptors (Lipinski definition) is 3. The van der Waals surface area contributed by atoms with E-state index in [1.165, 1.54) is 12.1 Å². The van der Waals surface area contributed by atoms with Crippen molar-refractivity contribution >= 4 is 0 Å². The Labute approximate surface area is 118 Å². The number of ether oxygens (including phenoxy) is 1. The van der Waals surface area contributed by atoms with Crippen LogP contribution in [0.15, 0.2) is 12.1 Å². The van der Waals surface area contributed by atoms with Crippen LogP contribution in [0.1, 0.15) is 24.1 Å². The van der Waals surface area contributed by atoms with Crippen molar-refractivity contribution in [2.75, 3.05) is 33.3 Å². The second-order valence-electron chi connectivity index (χ2n) is 5.44. The highest BCUT2D eigenvalue weighted by molar-refractivity contribution is 5.27. The first-order valence-corrected chi connectivity index (χ1v) is 6.97. The van der Waals surface area contributed by atoms with Gasteiger partial charge in [0, 0.05) is 31.2 Å². The lowest BCUT2D eigenvalue weighted by atomic mass is 10.0.